The quantitative estimate of drug-likeness (QED) is 0.847. The minimum Gasteiger partial charge on any atom is -0.374 e. The Morgan fingerprint density at radius 1 is 1.50 bits per heavy atom. The number of aryl methyl sites for hydroxylation is 1. The lowest BCUT2D eigenvalue weighted by Crippen LogP contribution is -2.50. The van der Waals surface area contributed by atoms with E-state index in [1.165, 1.54) is 18.5 Å². The van der Waals surface area contributed by atoms with Crippen LogP contribution in [0.25, 0.3) is 0 Å². The van der Waals surface area contributed by atoms with Crippen LogP contribution in [-0.4, -0.2) is 53.6 Å². The van der Waals surface area contributed by atoms with Gasteiger partial charge in [0.15, 0.2) is 0 Å². The van der Waals surface area contributed by atoms with Crippen molar-refractivity contribution in [3.05, 3.63) is 18.0 Å². The fourth-order valence-electron chi connectivity index (χ4n) is 2.98. The molecule has 100 valence electrons. The van der Waals surface area contributed by atoms with Gasteiger partial charge in [0, 0.05) is 32.4 Å². The Kier molecular flexibility index (Phi) is 3.37. The van der Waals surface area contributed by atoms with E-state index in [2.05, 4.69) is 21.4 Å². The number of hydrogen-bond acceptors (Lipinski definition) is 4. The predicted octanol–water partition coefficient (Wildman–Crippen LogP) is 0.544. The van der Waals surface area contributed by atoms with Crippen LogP contribution in [0.4, 0.5) is 0 Å². The van der Waals surface area contributed by atoms with Crippen molar-refractivity contribution in [1.82, 2.24) is 20.0 Å². The van der Waals surface area contributed by atoms with Crippen molar-refractivity contribution in [1.29, 1.82) is 0 Å². The van der Waals surface area contributed by atoms with E-state index in [0.717, 1.165) is 25.7 Å². The molecule has 1 N–H and O–H groups in total. The zero-order valence-corrected chi connectivity index (χ0v) is 11.2. The van der Waals surface area contributed by atoms with Gasteiger partial charge >= 0.3 is 0 Å². The molecule has 1 saturated heterocycles. The van der Waals surface area contributed by atoms with Crippen LogP contribution < -0.4 is 5.32 Å². The highest BCUT2D eigenvalue weighted by molar-refractivity contribution is 5.12. The lowest BCUT2D eigenvalue weighted by Gasteiger charge is -2.41. The van der Waals surface area contributed by atoms with E-state index >= 15 is 0 Å². The van der Waals surface area contributed by atoms with Gasteiger partial charge < -0.3 is 10.1 Å². The van der Waals surface area contributed by atoms with Crippen molar-refractivity contribution in [3.63, 3.8) is 0 Å². The normalized spacial score (nSPS) is 29.7. The number of nitrogens with one attached hydrogen (secondary N) is 1. The van der Waals surface area contributed by atoms with E-state index in [-0.39, 0.29) is 6.10 Å². The fourth-order valence-corrected chi connectivity index (χ4v) is 2.98. The summed E-state index contributed by atoms with van der Waals surface area (Å²) in [5, 5.41) is 7.56. The van der Waals surface area contributed by atoms with Crippen LogP contribution in [0, 0.1) is 0 Å². The highest BCUT2D eigenvalue weighted by atomic mass is 16.5. The summed E-state index contributed by atoms with van der Waals surface area (Å²) >= 11 is 0. The van der Waals surface area contributed by atoms with Crippen molar-refractivity contribution >= 4 is 0 Å². The number of aromatic nitrogens is 2. The summed E-state index contributed by atoms with van der Waals surface area (Å²) in [6, 6.07) is 3.22. The highest BCUT2D eigenvalue weighted by Gasteiger charge is 2.42. The molecule has 1 saturated carbocycles. The summed E-state index contributed by atoms with van der Waals surface area (Å²) < 4.78 is 7.96. The molecule has 5 nitrogen and oxygen atoms in total. The summed E-state index contributed by atoms with van der Waals surface area (Å²) in [5.74, 6) is 0. The number of rotatable bonds is 4. The minimum atomic E-state index is 0.222. The van der Waals surface area contributed by atoms with Gasteiger partial charge in [-0.3, -0.25) is 9.58 Å². The van der Waals surface area contributed by atoms with E-state index in [9.17, 15) is 0 Å². The van der Waals surface area contributed by atoms with E-state index in [4.69, 9.17) is 4.74 Å². The Hall–Kier alpha value is -0.910. The van der Waals surface area contributed by atoms with Crippen LogP contribution in [-0.2, 0) is 11.8 Å². The third-order valence-electron chi connectivity index (χ3n) is 3.97. The summed E-state index contributed by atoms with van der Waals surface area (Å²) in [5.41, 5.74) is 1.27. The molecule has 1 aliphatic carbocycles. The molecule has 2 atom stereocenters. The molecule has 1 aromatic rings. The van der Waals surface area contributed by atoms with Gasteiger partial charge in [0.2, 0.25) is 0 Å². The second kappa shape index (κ2) is 4.99. The van der Waals surface area contributed by atoms with Crippen LogP contribution in [0.5, 0.6) is 0 Å². The zero-order valence-electron chi connectivity index (χ0n) is 11.2. The van der Waals surface area contributed by atoms with E-state index < -0.39 is 0 Å². The molecule has 0 amide bonds. The maximum absolute atomic E-state index is 5.97. The number of ether oxygens (including phenoxy) is 1. The molecule has 0 spiro atoms. The SMILES string of the molecule is CNCC1OCCN(C2CC2)C1c1ccnn1C. The second-order valence-electron chi connectivity index (χ2n) is 5.26. The topological polar surface area (TPSA) is 42.3 Å². The van der Waals surface area contributed by atoms with Gasteiger partial charge in [0.25, 0.3) is 0 Å². The van der Waals surface area contributed by atoms with Crippen LogP contribution in [0.1, 0.15) is 24.6 Å². The van der Waals surface area contributed by atoms with E-state index in [1.807, 2.05) is 25.0 Å². The Balaban J connectivity index is 1.88. The van der Waals surface area contributed by atoms with E-state index in [0.29, 0.717) is 6.04 Å². The highest BCUT2D eigenvalue weighted by Crippen LogP contribution is 2.38. The molecule has 0 radical (unpaired) electrons. The summed E-state index contributed by atoms with van der Waals surface area (Å²) in [6.45, 7) is 2.77. The molecule has 2 unspecified atom stereocenters. The van der Waals surface area contributed by atoms with E-state index in [1.54, 1.807) is 0 Å². The number of hydrogen-bond donors (Lipinski definition) is 1. The molecule has 0 bridgehead atoms. The predicted molar refractivity (Wildman–Crippen MR) is 69.3 cm³/mol. The van der Waals surface area contributed by atoms with Crippen molar-refractivity contribution < 1.29 is 4.74 Å². The van der Waals surface area contributed by atoms with Gasteiger partial charge in [-0.2, -0.15) is 5.10 Å². The van der Waals surface area contributed by atoms with Crippen molar-refractivity contribution in [2.24, 2.45) is 7.05 Å². The number of morpholine rings is 1. The zero-order chi connectivity index (χ0) is 12.5. The van der Waals surface area contributed by atoms with Gasteiger partial charge in [-0.05, 0) is 26.0 Å². The lowest BCUT2D eigenvalue weighted by atomic mass is 10.0. The third kappa shape index (κ3) is 2.18. The lowest BCUT2D eigenvalue weighted by molar-refractivity contribution is -0.0763. The summed E-state index contributed by atoms with van der Waals surface area (Å²) in [7, 11) is 4.01. The van der Waals surface area contributed by atoms with Crippen molar-refractivity contribution in [2.75, 3.05) is 26.7 Å². The standard InChI is InChI=1S/C13H22N4O/c1-14-9-12-13(11-5-6-15-16(11)2)17(7-8-18-12)10-3-4-10/h5-6,10,12-14H,3-4,7-9H2,1-2H3. The second-order valence-corrected chi connectivity index (χ2v) is 5.26. The molecular formula is C13H22N4O. The van der Waals surface area contributed by atoms with Gasteiger partial charge in [0.05, 0.1) is 24.4 Å². The van der Waals surface area contributed by atoms with Crippen molar-refractivity contribution in [2.45, 2.75) is 31.0 Å². The van der Waals surface area contributed by atoms with Crippen molar-refractivity contribution in [3.8, 4) is 0 Å². The molecular weight excluding hydrogens is 228 g/mol. The number of nitrogens with zero attached hydrogens (tertiary/aromatic N) is 3. The summed E-state index contributed by atoms with van der Waals surface area (Å²) in [6.07, 6.45) is 4.77. The molecule has 2 heterocycles. The first kappa shape index (κ1) is 12.1. The third-order valence-corrected chi connectivity index (χ3v) is 3.97. The molecule has 2 aliphatic rings. The molecule has 5 heteroatoms. The first-order valence-corrected chi connectivity index (χ1v) is 6.81. The Morgan fingerprint density at radius 2 is 2.33 bits per heavy atom. The van der Waals surface area contributed by atoms with Gasteiger partial charge in [0.1, 0.15) is 0 Å². The van der Waals surface area contributed by atoms with Gasteiger partial charge in [-0.15, -0.1) is 0 Å². The Labute approximate surface area is 108 Å². The van der Waals surface area contributed by atoms with Crippen LogP contribution >= 0.6 is 0 Å². The maximum Gasteiger partial charge on any atom is 0.0911 e. The van der Waals surface area contributed by atoms with Crippen LogP contribution in [0.15, 0.2) is 12.3 Å². The first-order valence-electron chi connectivity index (χ1n) is 6.81. The number of likely N-dealkylation sites (N-methyl/N-ethyl adjacent to an activating group) is 1. The molecule has 0 aromatic carbocycles. The van der Waals surface area contributed by atoms with Crippen LogP contribution in [0.3, 0.4) is 0 Å². The fraction of sp³-hybridized carbons (Fsp3) is 0.769. The average Bonchev–Trinajstić information content (AvgIpc) is 3.13. The van der Waals surface area contributed by atoms with Gasteiger partial charge in [-0.25, -0.2) is 0 Å². The molecule has 18 heavy (non-hydrogen) atoms. The molecule has 3 rings (SSSR count). The summed E-state index contributed by atoms with van der Waals surface area (Å²) in [4.78, 5) is 2.61. The molecule has 1 aromatic heterocycles. The Morgan fingerprint density at radius 3 is 2.94 bits per heavy atom. The Bertz CT molecular complexity index is 399. The maximum atomic E-state index is 5.97. The average molecular weight is 250 g/mol. The van der Waals surface area contributed by atoms with Crippen LogP contribution in [0.2, 0.25) is 0 Å². The smallest absolute Gasteiger partial charge is 0.0911 e. The van der Waals surface area contributed by atoms with Gasteiger partial charge in [-0.1, -0.05) is 0 Å². The largest absolute Gasteiger partial charge is 0.374 e. The molecule has 2 fully saturated rings. The minimum absolute atomic E-state index is 0.222. The molecule has 1 aliphatic heterocycles. The first-order chi connectivity index (χ1) is 8.81. The monoisotopic (exact) mass is 250 g/mol.